The topological polar surface area (TPSA) is 65.7 Å². The third kappa shape index (κ3) is 5.23. The summed E-state index contributed by atoms with van der Waals surface area (Å²) in [7, 11) is 4.17. The predicted octanol–water partition coefficient (Wildman–Crippen LogP) is 0.924. The molecular weight excluding hydrogens is 226 g/mol. The van der Waals surface area contributed by atoms with E-state index in [1.54, 1.807) is 0 Å². The molecule has 0 radical (unpaired) electrons. The molecule has 0 aromatic rings. The zero-order valence-electron chi connectivity index (χ0n) is 12.2. The largest absolute Gasteiger partial charge is 0.351 e. The molecule has 0 aliphatic heterocycles. The third-order valence-electron chi connectivity index (χ3n) is 3.46. The van der Waals surface area contributed by atoms with Crippen molar-refractivity contribution in [1.82, 2.24) is 15.6 Å². The van der Waals surface area contributed by atoms with Crippen molar-refractivity contribution in [3.63, 3.8) is 0 Å². The van der Waals surface area contributed by atoms with Crippen molar-refractivity contribution < 1.29 is 0 Å². The minimum Gasteiger partial charge on any atom is -0.351 e. The summed E-state index contributed by atoms with van der Waals surface area (Å²) in [6.45, 7) is 5.40. The van der Waals surface area contributed by atoms with Gasteiger partial charge < -0.3 is 10.2 Å². The molecule has 1 rings (SSSR count). The first-order chi connectivity index (χ1) is 8.52. The highest BCUT2D eigenvalue weighted by Crippen LogP contribution is 2.20. The summed E-state index contributed by atoms with van der Waals surface area (Å²) in [5, 5.41) is 3.43. The van der Waals surface area contributed by atoms with Gasteiger partial charge in [-0.2, -0.15) is 0 Å². The van der Waals surface area contributed by atoms with Crippen LogP contribution in [-0.4, -0.2) is 43.6 Å². The van der Waals surface area contributed by atoms with Crippen LogP contribution in [0.4, 0.5) is 0 Å². The Kier molecular flexibility index (Phi) is 6.43. The molecule has 0 bridgehead atoms. The van der Waals surface area contributed by atoms with Crippen molar-refractivity contribution in [3.8, 4) is 0 Å². The molecule has 0 aromatic carbocycles. The van der Waals surface area contributed by atoms with Gasteiger partial charge in [0.2, 0.25) is 5.96 Å². The van der Waals surface area contributed by atoms with Crippen molar-refractivity contribution in [3.05, 3.63) is 0 Å². The zero-order chi connectivity index (χ0) is 13.5. The second-order valence-corrected chi connectivity index (χ2v) is 5.82. The summed E-state index contributed by atoms with van der Waals surface area (Å²) in [5.74, 6) is 6.85. The Labute approximate surface area is 111 Å². The fraction of sp³-hybridized carbons (Fsp3) is 0.923. The normalized spacial score (nSPS) is 19.6. The molecule has 1 aliphatic carbocycles. The van der Waals surface area contributed by atoms with Crippen LogP contribution in [0.3, 0.4) is 0 Å². The van der Waals surface area contributed by atoms with Crippen LogP contribution in [-0.2, 0) is 0 Å². The van der Waals surface area contributed by atoms with Gasteiger partial charge in [-0.15, -0.1) is 0 Å². The fourth-order valence-corrected chi connectivity index (χ4v) is 2.32. The highest BCUT2D eigenvalue weighted by atomic mass is 15.3. The van der Waals surface area contributed by atoms with Crippen LogP contribution in [0.15, 0.2) is 4.99 Å². The second-order valence-electron chi connectivity index (χ2n) is 5.82. The number of likely N-dealkylation sites (N-methyl/N-ethyl adjacent to an activating group) is 1. The summed E-state index contributed by atoms with van der Waals surface area (Å²) in [4.78, 5) is 6.86. The highest BCUT2D eigenvalue weighted by molar-refractivity contribution is 5.79. The van der Waals surface area contributed by atoms with Crippen LogP contribution in [0.5, 0.6) is 0 Å². The number of nitrogens with two attached hydrogens (primary N) is 1. The van der Waals surface area contributed by atoms with Gasteiger partial charge in [0.05, 0.1) is 6.04 Å². The Morgan fingerprint density at radius 1 is 1.33 bits per heavy atom. The zero-order valence-corrected chi connectivity index (χ0v) is 12.2. The van der Waals surface area contributed by atoms with Gasteiger partial charge in [-0.25, -0.2) is 10.8 Å². The number of rotatable bonds is 5. The van der Waals surface area contributed by atoms with E-state index in [1.165, 1.54) is 25.7 Å². The standard InChI is InChI=1S/C13H29N5/c1-10(2)12(9-18(3)4)16-13(17-14)15-11-7-5-6-8-11/h10-12H,5-9,14H2,1-4H3,(H2,15,16,17). The molecule has 0 heterocycles. The maximum absolute atomic E-state index is 5.57. The van der Waals surface area contributed by atoms with E-state index in [0.717, 1.165) is 12.5 Å². The number of hydrogen-bond donors (Lipinski definition) is 3. The number of guanidine groups is 1. The summed E-state index contributed by atoms with van der Waals surface area (Å²) in [6, 6.07) is 0.798. The Bertz CT molecular complexity index is 256. The summed E-state index contributed by atoms with van der Waals surface area (Å²) in [6.07, 6.45) is 4.95. The molecule has 106 valence electrons. The van der Waals surface area contributed by atoms with Gasteiger partial charge in [-0.05, 0) is 32.9 Å². The van der Waals surface area contributed by atoms with Crippen LogP contribution in [0.2, 0.25) is 0 Å². The predicted molar refractivity (Wildman–Crippen MR) is 77.3 cm³/mol. The van der Waals surface area contributed by atoms with E-state index in [0.29, 0.717) is 18.0 Å². The first-order valence-electron chi connectivity index (χ1n) is 6.98. The first kappa shape index (κ1) is 15.2. The SMILES string of the molecule is CC(C)C(CN(C)C)NC(=NC1CCCC1)NN. The van der Waals surface area contributed by atoms with Crippen molar-refractivity contribution in [2.45, 2.75) is 51.6 Å². The average Bonchev–Trinajstić information content (AvgIpc) is 2.79. The van der Waals surface area contributed by atoms with Gasteiger partial charge in [0.15, 0.2) is 0 Å². The van der Waals surface area contributed by atoms with Crippen LogP contribution in [0.25, 0.3) is 0 Å². The molecule has 1 atom stereocenters. The number of nitrogens with one attached hydrogen (secondary N) is 2. The average molecular weight is 255 g/mol. The van der Waals surface area contributed by atoms with E-state index in [9.17, 15) is 0 Å². The Morgan fingerprint density at radius 3 is 2.39 bits per heavy atom. The van der Waals surface area contributed by atoms with E-state index >= 15 is 0 Å². The molecule has 18 heavy (non-hydrogen) atoms. The van der Waals surface area contributed by atoms with Gasteiger partial charge in [0.25, 0.3) is 0 Å². The molecule has 0 saturated heterocycles. The smallest absolute Gasteiger partial charge is 0.206 e. The van der Waals surface area contributed by atoms with Crippen LogP contribution in [0, 0.1) is 5.92 Å². The molecule has 1 saturated carbocycles. The summed E-state index contributed by atoms with van der Waals surface area (Å²) >= 11 is 0. The van der Waals surface area contributed by atoms with Crippen molar-refractivity contribution in [1.29, 1.82) is 0 Å². The molecular formula is C13H29N5. The second kappa shape index (κ2) is 7.59. The molecule has 5 nitrogen and oxygen atoms in total. The van der Waals surface area contributed by atoms with E-state index in [2.05, 4.69) is 48.6 Å². The lowest BCUT2D eigenvalue weighted by Crippen LogP contribution is -2.51. The monoisotopic (exact) mass is 255 g/mol. The van der Waals surface area contributed by atoms with Crippen LogP contribution < -0.4 is 16.6 Å². The number of nitrogens with zero attached hydrogens (tertiary/aromatic N) is 2. The van der Waals surface area contributed by atoms with Gasteiger partial charge in [-0.1, -0.05) is 26.7 Å². The highest BCUT2D eigenvalue weighted by Gasteiger charge is 2.18. The van der Waals surface area contributed by atoms with Crippen molar-refractivity contribution >= 4 is 5.96 Å². The lowest BCUT2D eigenvalue weighted by molar-refractivity contribution is 0.311. The Balaban J connectivity index is 2.57. The van der Waals surface area contributed by atoms with E-state index in [1.807, 2.05) is 0 Å². The van der Waals surface area contributed by atoms with Crippen LogP contribution in [0.1, 0.15) is 39.5 Å². The van der Waals surface area contributed by atoms with E-state index < -0.39 is 0 Å². The number of hydrogen-bond acceptors (Lipinski definition) is 3. The molecule has 1 aliphatic rings. The maximum atomic E-state index is 5.57. The third-order valence-corrected chi connectivity index (χ3v) is 3.46. The molecule has 0 spiro atoms. The van der Waals surface area contributed by atoms with Crippen molar-refractivity contribution in [2.75, 3.05) is 20.6 Å². The molecule has 1 fully saturated rings. The minimum atomic E-state index is 0.358. The lowest BCUT2D eigenvalue weighted by atomic mass is 10.0. The Morgan fingerprint density at radius 2 is 1.94 bits per heavy atom. The van der Waals surface area contributed by atoms with Gasteiger partial charge in [0, 0.05) is 12.6 Å². The number of hydrazine groups is 1. The van der Waals surface area contributed by atoms with Crippen molar-refractivity contribution in [2.24, 2.45) is 16.8 Å². The maximum Gasteiger partial charge on any atom is 0.206 e. The minimum absolute atomic E-state index is 0.358. The quantitative estimate of drug-likeness (QED) is 0.296. The molecule has 1 unspecified atom stereocenters. The number of aliphatic imine (C=N–C) groups is 1. The first-order valence-corrected chi connectivity index (χ1v) is 6.98. The summed E-state index contributed by atoms with van der Waals surface area (Å²) in [5.41, 5.74) is 2.71. The van der Waals surface area contributed by atoms with Gasteiger partial charge in [-0.3, -0.25) is 5.43 Å². The molecule has 5 heteroatoms. The lowest BCUT2D eigenvalue weighted by Gasteiger charge is -2.27. The van der Waals surface area contributed by atoms with Crippen LogP contribution >= 0.6 is 0 Å². The Hall–Kier alpha value is -0.810. The van der Waals surface area contributed by atoms with Gasteiger partial charge in [0.1, 0.15) is 0 Å². The fourth-order valence-electron chi connectivity index (χ4n) is 2.32. The summed E-state index contributed by atoms with van der Waals surface area (Å²) < 4.78 is 0. The molecule has 0 aromatic heterocycles. The molecule has 4 N–H and O–H groups in total. The van der Waals surface area contributed by atoms with Gasteiger partial charge >= 0.3 is 0 Å². The molecule has 0 amide bonds. The van der Waals surface area contributed by atoms with E-state index in [4.69, 9.17) is 5.84 Å². The van der Waals surface area contributed by atoms with E-state index in [-0.39, 0.29) is 0 Å².